The Morgan fingerprint density at radius 1 is 1.18 bits per heavy atom. The minimum Gasteiger partial charge on any atom is -0.497 e. The molecular weight excluding hydrogens is 210 g/mol. The highest BCUT2D eigenvalue weighted by Crippen LogP contribution is 2.32. The zero-order valence-electron chi connectivity index (χ0n) is 11.1. The van der Waals surface area contributed by atoms with Crippen molar-refractivity contribution in [2.75, 3.05) is 13.7 Å². The fourth-order valence-corrected chi connectivity index (χ4v) is 2.76. The summed E-state index contributed by atoms with van der Waals surface area (Å²) in [6, 6.07) is 9.79. The van der Waals surface area contributed by atoms with Crippen LogP contribution >= 0.6 is 0 Å². The molecule has 0 N–H and O–H groups in total. The van der Waals surface area contributed by atoms with Gasteiger partial charge in [0.2, 0.25) is 0 Å². The predicted octanol–water partition coefficient (Wildman–Crippen LogP) is 3.63. The molecule has 1 atom stereocenters. The van der Waals surface area contributed by atoms with Crippen LogP contribution in [0.1, 0.15) is 44.7 Å². The van der Waals surface area contributed by atoms with Crippen LogP contribution in [-0.4, -0.2) is 24.6 Å². The van der Waals surface area contributed by atoms with Crippen LogP contribution in [0.4, 0.5) is 0 Å². The number of rotatable bonds is 3. The van der Waals surface area contributed by atoms with Gasteiger partial charge in [-0.2, -0.15) is 0 Å². The quantitative estimate of drug-likeness (QED) is 0.790. The Morgan fingerprint density at radius 3 is 2.47 bits per heavy atom. The zero-order chi connectivity index (χ0) is 12.3. The van der Waals surface area contributed by atoms with Crippen molar-refractivity contribution in [1.82, 2.24) is 4.90 Å². The molecular formula is C15H23NO. The van der Waals surface area contributed by atoms with Crippen LogP contribution in [0.2, 0.25) is 0 Å². The van der Waals surface area contributed by atoms with Crippen molar-refractivity contribution in [3.8, 4) is 5.75 Å². The van der Waals surface area contributed by atoms with Crippen molar-refractivity contribution < 1.29 is 4.74 Å². The first kappa shape index (κ1) is 12.4. The van der Waals surface area contributed by atoms with Gasteiger partial charge in [0.25, 0.3) is 0 Å². The van der Waals surface area contributed by atoms with E-state index in [9.17, 15) is 0 Å². The maximum Gasteiger partial charge on any atom is 0.118 e. The summed E-state index contributed by atoms with van der Waals surface area (Å²) in [4.78, 5) is 2.62. The molecule has 1 heterocycles. The molecule has 0 amide bonds. The molecule has 1 aliphatic rings. The summed E-state index contributed by atoms with van der Waals surface area (Å²) in [6.07, 6.45) is 3.97. The molecule has 0 aliphatic carbocycles. The van der Waals surface area contributed by atoms with Crippen LogP contribution in [0, 0.1) is 0 Å². The molecule has 17 heavy (non-hydrogen) atoms. The van der Waals surface area contributed by atoms with Crippen molar-refractivity contribution >= 4 is 0 Å². The van der Waals surface area contributed by atoms with Crippen LogP contribution in [0.15, 0.2) is 24.3 Å². The lowest BCUT2D eigenvalue weighted by Gasteiger charge is -2.39. The average molecular weight is 233 g/mol. The first-order valence-electron chi connectivity index (χ1n) is 6.62. The Bertz CT molecular complexity index is 344. The first-order chi connectivity index (χ1) is 8.22. The summed E-state index contributed by atoms with van der Waals surface area (Å²) in [7, 11) is 1.72. The summed E-state index contributed by atoms with van der Waals surface area (Å²) < 4.78 is 5.22. The van der Waals surface area contributed by atoms with Gasteiger partial charge in [-0.1, -0.05) is 18.6 Å². The fourth-order valence-electron chi connectivity index (χ4n) is 2.76. The summed E-state index contributed by atoms with van der Waals surface area (Å²) >= 11 is 0. The summed E-state index contributed by atoms with van der Waals surface area (Å²) in [6.45, 7) is 5.82. The number of likely N-dealkylation sites (tertiary alicyclic amines) is 1. The molecule has 1 aromatic rings. The third kappa shape index (κ3) is 2.81. The van der Waals surface area contributed by atoms with Gasteiger partial charge in [0.05, 0.1) is 7.11 Å². The molecule has 1 aromatic carbocycles. The van der Waals surface area contributed by atoms with E-state index in [0.29, 0.717) is 12.1 Å². The Hall–Kier alpha value is -1.02. The number of piperidine rings is 1. The van der Waals surface area contributed by atoms with Crippen molar-refractivity contribution in [3.63, 3.8) is 0 Å². The number of hydrogen-bond donors (Lipinski definition) is 0. The summed E-state index contributed by atoms with van der Waals surface area (Å²) in [5.74, 6) is 0.945. The summed E-state index contributed by atoms with van der Waals surface area (Å²) in [5, 5.41) is 0. The maximum absolute atomic E-state index is 5.22. The molecule has 0 radical (unpaired) electrons. The van der Waals surface area contributed by atoms with Crippen molar-refractivity contribution in [2.45, 2.75) is 45.2 Å². The lowest BCUT2D eigenvalue weighted by molar-refractivity contribution is 0.112. The van der Waals surface area contributed by atoms with Gasteiger partial charge in [-0.05, 0) is 50.9 Å². The number of methoxy groups -OCH3 is 1. The van der Waals surface area contributed by atoms with Crippen molar-refractivity contribution in [1.29, 1.82) is 0 Å². The molecule has 2 rings (SSSR count). The third-order valence-corrected chi connectivity index (χ3v) is 3.71. The van der Waals surface area contributed by atoms with Crippen LogP contribution in [-0.2, 0) is 0 Å². The van der Waals surface area contributed by atoms with E-state index in [2.05, 4.69) is 43.0 Å². The minimum absolute atomic E-state index is 0.592. The second-order valence-corrected chi connectivity index (χ2v) is 5.12. The molecule has 0 saturated carbocycles. The maximum atomic E-state index is 5.22. The van der Waals surface area contributed by atoms with E-state index < -0.39 is 0 Å². The summed E-state index contributed by atoms with van der Waals surface area (Å²) in [5.41, 5.74) is 1.43. The van der Waals surface area contributed by atoms with Gasteiger partial charge in [0.15, 0.2) is 0 Å². The monoisotopic (exact) mass is 233 g/mol. The smallest absolute Gasteiger partial charge is 0.118 e. The SMILES string of the molecule is COc1ccc([C@@H]2CCCCN2C(C)C)cc1. The number of benzene rings is 1. The van der Waals surface area contributed by atoms with Gasteiger partial charge in [-0.25, -0.2) is 0 Å². The Balaban J connectivity index is 2.17. The van der Waals surface area contributed by atoms with Gasteiger partial charge in [-0.3, -0.25) is 4.90 Å². The molecule has 1 saturated heterocycles. The number of ether oxygens (including phenoxy) is 1. The molecule has 94 valence electrons. The second kappa shape index (κ2) is 5.54. The first-order valence-corrected chi connectivity index (χ1v) is 6.62. The molecule has 2 heteroatoms. The van der Waals surface area contributed by atoms with Gasteiger partial charge in [0.1, 0.15) is 5.75 Å². The van der Waals surface area contributed by atoms with E-state index in [0.717, 1.165) is 5.75 Å². The standard InChI is InChI=1S/C15H23NO/c1-12(2)16-11-5-4-6-15(16)13-7-9-14(17-3)10-8-13/h7-10,12,15H,4-6,11H2,1-3H3/t15-/m0/s1. The molecule has 2 nitrogen and oxygen atoms in total. The number of hydrogen-bond acceptors (Lipinski definition) is 2. The molecule has 1 fully saturated rings. The average Bonchev–Trinajstić information content (AvgIpc) is 2.39. The molecule has 0 bridgehead atoms. The van der Waals surface area contributed by atoms with Crippen LogP contribution in [0.25, 0.3) is 0 Å². The largest absolute Gasteiger partial charge is 0.497 e. The highest BCUT2D eigenvalue weighted by atomic mass is 16.5. The fraction of sp³-hybridized carbons (Fsp3) is 0.600. The van der Waals surface area contributed by atoms with Crippen molar-refractivity contribution in [2.24, 2.45) is 0 Å². The Morgan fingerprint density at radius 2 is 1.88 bits per heavy atom. The van der Waals surface area contributed by atoms with Crippen LogP contribution in [0.5, 0.6) is 5.75 Å². The van der Waals surface area contributed by atoms with Crippen molar-refractivity contribution in [3.05, 3.63) is 29.8 Å². The third-order valence-electron chi connectivity index (χ3n) is 3.71. The topological polar surface area (TPSA) is 12.5 Å². The molecule has 0 aromatic heterocycles. The zero-order valence-corrected chi connectivity index (χ0v) is 11.1. The highest BCUT2D eigenvalue weighted by Gasteiger charge is 2.25. The highest BCUT2D eigenvalue weighted by molar-refractivity contribution is 5.29. The van der Waals surface area contributed by atoms with E-state index in [4.69, 9.17) is 4.74 Å². The normalized spacial score (nSPS) is 21.8. The predicted molar refractivity (Wildman–Crippen MR) is 71.4 cm³/mol. The van der Waals surface area contributed by atoms with Gasteiger partial charge >= 0.3 is 0 Å². The van der Waals surface area contributed by atoms with E-state index in [-0.39, 0.29) is 0 Å². The lowest BCUT2D eigenvalue weighted by atomic mass is 9.94. The second-order valence-electron chi connectivity index (χ2n) is 5.12. The van der Waals surface area contributed by atoms with Gasteiger partial charge in [-0.15, -0.1) is 0 Å². The Labute approximate surface area is 105 Å². The van der Waals surface area contributed by atoms with Gasteiger partial charge < -0.3 is 4.74 Å². The lowest BCUT2D eigenvalue weighted by Crippen LogP contribution is -2.38. The van der Waals surface area contributed by atoms with E-state index in [1.165, 1.54) is 31.4 Å². The van der Waals surface area contributed by atoms with Crippen LogP contribution in [0.3, 0.4) is 0 Å². The van der Waals surface area contributed by atoms with Gasteiger partial charge in [0, 0.05) is 12.1 Å². The Kier molecular flexibility index (Phi) is 4.06. The van der Waals surface area contributed by atoms with E-state index in [1.54, 1.807) is 7.11 Å². The molecule has 0 spiro atoms. The molecule has 0 unspecified atom stereocenters. The van der Waals surface area contributed by atoms with E-state index in [1.807, 2.05) is 0 Å². The minimum atomic E-state index is 0.592. The van der Waals surface area contributed by atoms with Crippen LogP contribution < -0.4 is 4.74 Å². The van der Waals surface area contributed by atoms with E-state index >= 15 is 0 Å². The number of nitrogens with zero attached hydrogens (tertiary/aromatic N) is 1. The molecule has 1 aliphatic heterocycles.